The average molecular weight is 272 g/mol. The highest BCUT2D eigenvalue weighted by molar-refractivity contribution is 5.96. The normalized spacial score (nSPS) is 11.5. The molecule has 0 radical (unpaired) electrons. The first-order valence-electron chi connectivity index (χ1n) is 6.20. The molecule has 0 atom stereocenters. The van der Waals surface area contributed by atoms with Gasteiger partial charge in [0.15, 0.2) is 5.84 Å². The monoisotopic (exact) mass is 272 g/mol. The van der Waals surface area contributed by atoms with Gasteiger partial charge in [-0.2, -0.15) is 0 Å². The van der Waals surface area contributed by atoms with E-state index in [1.807, 2.05) is 24.3 Å². The van der Waals surface area contributed by atoms with Crippen LogP contribution >= 0.6 is 0 Å². The molecule has 2 aromatic rings. The number of pyridine rings is 2. The van der Waals surface area contributed by atoms with E-state index in [1.54, 1.807) is 18.5 Å². The lowest BCUT2D eigenvalue weighted by Crippen LogP contribution is -2.18. The molecule has 0 aliphatic rings. The minimum atomic E-state index is -0.0195. The zero-order valence-corrected chi connectivity index (χ0v) is 10.9. The van der Waals surface area contributed by atoms with E-state index < -0.39 is 0 Å². The van der Waals surface area contributed by atoms with Gasteiger partial charge in [-0.05, 0) is 18.2 Å². The third-order valence-corrected chi connectivity index (χ3v) is 2.73. The Balaban J connectivity index is 1.88. The van der Waals surface area contributed by atoms with Gasteiger partial charge in [-0.25, -0.2) is 0 Å². The van der Waals surface area contributed by atoms with Crippen LogP contribution in [-0.4, -0.2) is 27.6 Å². The topological polar surface area (TPSA) is 93.6 Å². The van der Waals surface area contributed by atoms with Crippen LogP contribution in [0.4, 0.5) is 0 Å². The summed E-state index contributed by atoms with van der Waals surface area (Å²) in [5.41, 5.74) is 7.76. The number of hydrogen-bond donors (Lipinski definition) is 2. The van der Waals surface area contributed by atoms with Gasteiger partial charge in [-0.3, -0.25) is 9.97 Å². The molecule has 0 bridgehead atoms. The summed E-state index contributed by atoms with van der Waals surface area (Å²) in [6.45, 7) is 0.897. The van der Waals surface area contributed by atoms with E-state index in [9.17, 15) is 0 Å². The van der Waals surface area contributed by atoms with Crippen molar-refractivity contribution in [1.82, 2.24) is 9.97 Å². The first kappa shape index (κ1) is 14.0. The van der Waals surface area contributed by atoms with E-state index in [0.717, 1.165) is 17.7 Å². The molecule has 0 saturated heterocycles. The quantitative estimate of drug-likeness (QED) is 0.272. The van der Waals surface area contributed by atoms with Crippen molar-refractivity contribution in [1.29, 1.82) is 0 Å². The predicted molar refractivity (Wildman–Crippen MR) is 74.3 cm³/mol. The van der Waals surface area contributed by atoms with Gasteiger partial charge in [-0.15, -0.1) is 0 Å². The van der Waals surface area contributed by atoms with E-state index in [-0.39, 0.29) is 5.84 Å². The fourth-order valence-corrected chi connectivity index (χ4v) is 1.74. The van der Waals surface area contributed by atoms with Gasteiger partial charge in [0.05, 0.1) is 13.2 Å². The zero-order valence-electron chi connectivity index (χ0n) is 10.9. The van der Waals surface area contributed by atoms with Gasteiger partial charge >= 0.3 is 0 Å². The van der Waals surface area contributed by atoms with Crippen LogP contribution in [0.15, 0.2) is 47.9 Å². The van der Waals surface area contributed by atoms with Crippen LogP contribution in [0, 0.1) is 0 Å². The Bertz CT molecular complexity index is 572. The minimum Gasteiger partial charge on any atom is -0.409 e. The van der Waals surface area contributed by atoms with Crippen LogP contribution in [0.2, 0.25) is 0 Å². The van der Waals surface area contributed by atoms with E-state index in [4.69, 9.17) is 15.7 Å². The largest absolute Gasteiger partial charge is 0.409 e. The molecular formula is C14H16N4O2. The molecule has 2 aromatic heterocycles. The van der Waals surface area contributed by atoms with Crippen molar-refractivity contribution in [3.8, 4) is 0 Å². The summed E-state index contributed by atoms with van der Waals surface area (Å²) in [5.74, 6) is -0.0195. The molecule has 104 valence electrons. The molecule has 0 amide bonds. The molecule has 0 spiro atoms. The van der Waals surface area contributed by atoms with E-state index in [1.165, 1.54) is 0 Å². The highest BCUT2D eigenvalue weighted by Gasteiger charge is 2.08. The minimum absolute atomic E-state index is 0.0195. The number of nitrogens with two attached hydrogens (primary N) is 1. The van der Waals surface area contributed by atoms with Crippen LogP contribution in [0.25, 0.3) is 0 Å². The lowest BCUT2D eigenvalue weighted by molar-refractivity contribution is 0.123. The lowest BCUT2D eigenvalue weighted by atomic mass is 10.2. The Hall–Kier alpha value is -2.47. The van der Waals surface area contributed by atoms with Crippen molar-refractivity contribution < 1.29 is 9.94 Å². The second kappa shape index (κ2) is 7.20. The van der Waals surface area contributed by atoms with Gasteiger partial charge in [0.1, 0.15) is 5.69 Å². The molecule has 6 nitrogen and oxygen atoms in total. The van der Waals surface area contributed by atoms with E-state index in [2.05, 4.69) is 15.1 Å². The van der Waals surface area contributed by atoms with Crippen molar-refractivity contribution in [2.24, 2.45) is 10.9 Å². The van der Waals surface area contributed by atoms with Crippen molar-refractivity contribution in [3.05, 3.63) is 59.7 Å². The molecular weight excluding hydrogens is 256 g/mol. The molecule has 0 aliphatic carbocycles. The molecule has 2 heterocycles. The van der Waals surface area contributed by atoms with Gasteiger partial charge in [0, 0.05) is 30.1 Å². The van der Waals surface area contributed by atoms with Crippen LogP contribution in [0.1, 0.15) is 17.0 Å². The highest BCUT2D eigenvalue weighted by atomic mass is 16.5. The van der Waals surface area contributed by atoms with Gasteiger partial charge in [-0.1, -0.05) is 17.3 Å². The molecule has 0 aromatic carbocycles. The lowest BCUT2D eigenvalue weighted by Gasteiger charge is -2.08. The highest BCUT2D eigenvalue weighted by Crippen LogP contribution is 2.07. The molecule has 3 N–H and O–H groups in total. The first-order valence-corrected chi connectivity index (χ1v) is 6.20. The van der Waals surface area contributed by atoms with Gasteiger partial charge in [0.2, 0.25) is 0 Å². The first-order chi connectivity index (χ1) is 9.81. The Morgan fingerprint density at radius 3 is 2.80 bits per heavy atom. The van der Waals surface area contributed by atoms with Gasteiger partial charge < -0.3 is 15.7 Å². The van der Waals surface area contributed by atoms with Crippen molar-refractivity contribution in [3.63, 3.8) is 0 Å². The molecule has 0 fully saturated rings. The van der Waals surface area contributed by atoms with Gasteiger partial charge in [0.25, 0.3) is 0 Å². The third-order valence-electron chi connectivity index (χ3n) is 2.73. The van der Waals surface area contributed by atoms with Crippen LogP contribution in [0.5, 0.6) is 0 Å². The Morgan fingerprint density at radius 2 is 2.05 bits per heavy atom. The summed E-state index contributed by atoms with van der Waals surface area (Å²) in [4.78, 5) is 8.30. The number of nitrogens with zero attached hydrogens (tertiary/aromatic N) is 3. The summed E-state index contributed by atoms with van der Waals surface area (Å²) < 4.78 is 5.59. The van der Waals surface area contributed by atoms with Crippen LogP contribution in [-0.2, 0) is 17.8 Å². The Labute approximate surface area is 116 Å². The number of hydrogen-bond acceptors (Lipinski definition) is 5. The summed E-state index contributed by atoms with van der Waals surface area (Å²) in [6.07, 6.45) is 4.08. The zero-order chi connectivity index (χ0) is 14.2. The fraction of sp³-hybridized carbons (Fsp3) is 0.214. The summed E-state index contributed by atoms with van der Waals surface area (Å²) >= 11 is 0. The number of oxime groups is 1. The summed E-state index contributed by atoms with van der Waals surface area (Å²) in [5, 5.41) is 11.7. The summed E-state index contributed by atoms with van der Waals surface area (Å²) in [6, 6.07) is 9.39. The van der Waals surface area contributed by atoms with Crippen molar-refractivity contribution in [2.75, 3.05) is 6.61 Å². The molecule has 2 rings (SSSR count). The second-order valence-electron chi connectivity index (χ2n) is 4.12. The standard InChI is InChI=1S/C14H16N4O2/c15-14(18-19)13-11(4-3-8-17-13)10-20-9-6-12-5-1-2-7-16-12/h1-5,7-8,19H,6,9-10H2,(H2,15,18). The number of ether oxygens (including phenoxy) is 1. The second-order valence-corrected chi connectivity index (χ2v) is 4.12. The smallest absolute Gasteiger partial charge is 0.189 e. The predicted octanol–water partition coefficient (Wildman–Crippen LogP) is 1.33. The van der Waals surface area contributed by atoms with E-state index in [0.29, 0.717) is 18.9 Å². The molecule has 0 aliphatic heterocycles. The third kappa shape index (κ3) is 3.76. The maximum Gasteiger partial charge on any atom is 0.189 e. The van der Waals surface area contributed by atoms with Crippen molar-refractivity contribution in [2.45, 2.75) is 13.0 Å². The molecule has 6 heteroatoms. The van der Waals surface area contributed by atoms with Crippen LogP contribution < -0.4 is 5.73 Å². The number of aromatic nitrogens is 2. The van der Waals surface area contributed by atoms with Crippen molar-refractivity contribution >= 4 is 5.84 Å². The molecule has 0 unspecified atom stereocenters. The number of rotatable bonds is 6. The molecule has 20 heavy (non-hydrogen) atoms. The molecule has 0 saturated carbocycles. The number of amidine groups is 1. The summed E-state index contributed by atoms with van der Waals surface area (Å²) in [7, 11) is 0. The van der Waals surface area contributed by atoms with E-state index >= 15 is 0 Å². The Morgan fingerprint density at radius 1 is 1.20 bits per heavy atom. The van der Waals surface area contributed by atoms with Crippen LogP contribution in [0.3, 0.4) is 0 Å². The maximum atomic E-state index is 8.71. The SMILES string of the molecule is NC(=NO)c1ncccc1COCCc1ccccn1. The maximum absolute atomic E-state index is 8.71. The Kier molecular flexibility index (Phi) is 5.02. The fourth-order valence-electron chi connectivity index (χ4n) is 1.74. The average Bonchev–Trinajstić information content (AvgIpc) is 2.52.